The molecule has 1 fully saturated rings. The highest BCUT2D eigenvalue weighted by Crippen LogP contribution is 2.17. The van der Waals surface area contributed by atoms with Gasteiger partial charge in [0, 0.05) is 43.3 Å². The van der Waals surface area contributed by atoms with Gasteiger partial charge in [0.1, 0.15) is 5.65 Å². The highest BCUT2D eigenvalue weighted by molar-refractivity contribution is 7.87. The molecule has 0 unspecified atom stereocenters. The fourth-order valence-corrected chi connectivity index (χ4v) is 3.67. The van der Waals surface area contributed by atoms with Crippen molar-refractivity contribution >= 4 is 27.2 Å². The molecule has 0 spiro atoms. The lowest BCUT2D eigenvalue weighted by atomic mass is 10.1. The van der Waals surface area contributed by atoms with Crippen LogP contribution < -0.4 is 15.6 Å². The lowest BCUT2D eigenvalue weighted by Gasteiger charge is -2.31. The summed E-state index contributed by atoms with van der Waals surface area (Å²) >= 11 is 0. The van der Waals surface area contributed by atoms with Crippen LogP contribution in [-0.2, 0) is 10.2 Å². The van der Waals surface area contributed by atoms with Crippen molar-refractivity contribution in [3.05, 3.63) is 28.2 Å². The smallest absolute Gasteiger partial charge is 0.279 e. The number of aromatic nitrogens is 3. The number of rotatable bonds is 4. The van der Waals surface area contributed by atoms with Crippen molar-refractivity contribution in [3.63, 3.8) is 0 Å². The van der Waals surface area contributed by atoms with Crippen LogP contribution in [0.25, 0.3) is 11.0 Å². The molecule has 3 N–H and O–H groups in total. The first-order valence-electron chi connectivity index (χ1n) is 7.71. The third-order valence-corrected chi connectivity index (χ3v) is 5.73. The van der Waals surface area contributed by atoms with Gasteiger partial charge in [-0.2, -0.15) is 17.7 Å². The molecule has 1 aliphatic rings. The second kappa shape index (κ2) is 6.46. The summed E-state index contributed by atoms with van der Waals surface area (Å²) in [4.78, 5) is 23.0. The molecule has 0 aromatic carbocycles. The topological polar surface area (TPSA) is 120 Å². The predicted molar refractivity (Wildman–Crippen MR) is 91.1 cm³/mol. The maximum Gasteiger partial charge on any atom is 0.279 e. The van der Waals surface area contributed by atoms with Crippen molar-refractivity contribution in [3.8, 4) is 0 Å². The van der Waals surface area contributed by atoms with Crippen LogP contribution >= 0.6 is 0 Å². The van der Waals surface area contributed by atoms with Crippen LogP contribution in [0.1, 0.15) is 18.4 Å². The molecule has 0 aliphatic carbocycles. The average Bonchev–Trinajstić information content (AvgIpc) is 2.57. The second-order valence-corrected chi connectivity index (χ2v) is 7.68. The monoisotopic (exact) mass is 352 g/mol. The summed E-state index contributed by atoms with van der Waals surface area (Å²) < 4.78 is 27.3. The summed E-state index contributed by atoms with van der Waals surface area (Å²) in [6.07, 6.45) is 2.98. The summed E-state index contributed by atoms with van der Waals surface area (Å²) in [6.45, 7) is 2.60. The van der Waals surface area contributed by atoms with Gasteiger partial charge in [0.25, 0.3) is 15.8 Å². The van der Waals surface area contributed by atoms with Gasteiger partial charge in [-0.15, -0.1) is 0 Å². The van der Waals surface area contributed by atoms with Crippen LogP contribution in [-0.4, -0.2) is 53.9 Å². The van der Waals surface area contributed by atoms with E-state index in [-0.39, 0.29) is 11.6 Å². The van der Waals surface area contributed by atoms with Gasteiger partial charge in [-0.1, -0.05) is 0 Å². The largest absolute Gasteiger partial charge is 0.351 e. The average molecular weight is 352 g/mol. The molecular formula is C14H20N6O3S. The fraction of sp³-hybridized carbons (Fsp3) is 0.500. The third kappa shape index (κ3) is 3.40. The zero-order valence-electron chi connectivity index (χ0n) is 13.5. The number of hydrogen-bond donors (Lipinski definition) is 3. The molecule has 0 amide bonds. The number of fused-ring (bicyclic) bond motifs is 1. The van der Waals surface area contributed by atoms with Crippen molar-refractivity contribution in [1.29, 1.82) is 0 Å². The Kier molecular flexibility index (Phi) is 4.52. The van der Waals surface area contributed by atoms with Gasteiger partial charge in [-0.25, -0.2) is 9.71 Å². The Labute approximate surface area is 139 Å². The molecule has 0 bridgehead atoms. The molecule has 1 aliphatic heterocycles. The highest BCUT2D eigenvalue weighted by atomic mass is 32.2. The lowest BCUT2D eigenvalue weighted by Crippen LogP contribution is -2.46. The zero-order valence-corrected chi connectivity index (χ0v) is 14.4. The minimum Gasteiger partial charge on any atom is -0.351 e. The number of aromatic amines is 1. The Morgan fingerprint density at radius 1 is 1.33 bits per heavy atom. The van der Waals surface area contributed by atoms with Crippen molar-refractivity contribution in [2.24, 2.45) is 0 Å². The first-order valence-corrected chi connectivity index (χ1v) is 9.15. The number of nitrogens with zero attached hydrogens (tertiary/aromatic N) is 3. The van der Waals surface area contributed by atoms with E-state index in [2.05, 4.69) is 25.0 Å². The molecular weight excluding hydrogens is 332 g/mol. The van der Waals surface area contributed by atoms with E-state index >= 15 is 0 Å². The summed E-state index contributed by atoms with van der Waals surface area (Å²) in [5, 5.41) is 3.98. The van der Waals surface area contributed by atoms with Gasteiger partial charge in [0.2, 0.25) is 5.95 Å². The van der Waals surface area contributed by atoms with E-state index in [1.165, 1.54) is 11.4 Å². The number of nitrogens with one attached hydrogen (secondary N) is 3. The van der Waals surface area contributed by atoms with Crippen molar-refractivity contribution in [2.75, 3.05) is 25.5 Å². The normalized spacial score (nSPS) is 17.2. The Morgan fingerprint density at radius 3 is 2.71 bits per heavy atom. The van der Waals surface area contributed by atoms with Gasteiger partial charge in [-0.3, -0.25) is 4.79 Å². The number of piperidine rings is 1. The lowest BCUT2D eigenvalue weighted by molar-refractivity contribution is 0.326. The minimum absolute atomic E-state index is 0.0860. The Balaban J connectivity index is 1.70. The van der Waals surface area contributed by atoms with Gasteiger partial charge >= 0.3 is 0 Å². The first kappa shape index (κ1) is 16.8. The standard InChI is InChI=1S/C14H20N6O3S/c1-9-7-10-8-16-14(19-12(10)18-13(9)21)17-11-3-5-20(6-4-11)24(22,23)15-2/h7-8,11,15H,3-6H2,1-2H3,(H2,16,17,18,19,21). The third-order valence-electron chi connectivity index (χ3n) is 4.16. The number of anilines is 1. The van der Waals surface area contributed by atoms with Crippen LogP contribution in [0, 0.1) is 6.92 Å². The van der Waals surface area contributed by atoms with Crippen molar-refractivity contribution in [2.45, 2.75) is 25.8 Å². The number of pyridine rings is 1. The zero-order chi connectivity index (χ0) is 17.3. The molecule has 0 atom stereocenters. The van der Waals surface area contributed by atoms with E-state index in [9.17, 15) is 13.2 Å². The Morgan fingerprint density at radius 2 is 2.04 bits per heavy atom. The van der Waals surface area contributed by atoms with Crippen LogP contribution in [0.2, 0.25) is 0 Å². The molecule has 9 nitrogen and oxygen atoms in total. The highest BCUT2D eigenvalue weighted by Gasteiger charge is 2.27. The van der Waals surface area contributed by atoms with Crippen LogP contribution in [0.3, 0.4) is 0 Å². The van der Waals surface area contributed by atoms with Crippen LogP contribution in [0.5, 0.6) is 0 Å². The van der Waals surface area contributed by atoms with Crippen LogP contribution in [0.15, 0.2) is 17.1 Å². The summed E-state index contributed by atoms with van der Waals surface area (Å²) in [7, 11) is -1.96. The molecule has 3 rings (SSSR count). The maximum absolute atomic E-state index is 11.8. The Bertz CT molecular complexity index is 902. The summed E-state index contributed by atoms with van der Waals surface area (Å²) in [5.41, 5.74) is 0.931. The van der Waals surface area contributed by atoms with E-state index in [1.807, 2.05) is 0 Å². The molecule has 10 heteroatoms. The maximum atomic E-state index is 11.8. The van der Waals surface area contributed by atoms with Crippen molar-refractivity contribution in [1.82, 2.24) is 24.0 Å². The summed E-state index contributed by atoms with van der Waals surface area (Å²) in [5.74, 6) is 0.428. The quantitative estimate of drug-likeness (QED) is 0.710. The SMILES string of the molecule is CNS(=O)(=O)N1CCC(Nc2ncc3cc(C)c(=O)[nH]c3n2)CC1. The van der Waals surface area contributed by atoms with E-state index < -0.39 is 10.2 Å². The Hall–Kier alpha value is -2.04. The van der Waals surface area contributed by atoms with E-state index in [0.29, 0.717) is 43.1 Å². The molecule has 3 heterocycles. The molecule has 0 radical (unpaired) electrons. The molecule has 130 valence electrons. The number of H-pyrrole nitrogens is 1. The van der Waals surface area contributed by atoms with E-state index in [0.717, 1.165) is 5.39 Å². The van der Waals surface area contributed by atoms with E-state index in [1.54, 1.807) is 19.2 Å². The first-order chi connectivity index (χ1) is 11.4. The van der Waals surface area contributed by atoms with Crippen LogP contribution in [0.4, 0.5) is 5.95 Å². The van der Waals surface area contributed by atoms with Gasteiger partial charge in [-0.05, 0) is 25.8 Å². The van der Waals surface area contributed by atoms with Gasteiger partial charge in [0.05, 0.1) is 0 Å². The summed E-state index contributed by atoms with van der Waals surface area (Å²) in [6, 6.07) is 1.84. The number of hydrogen-bond acceptors (Lipinski definition) is 6. The number of aryl methyl sites for hydroxylation is 1. The van der Waals surface area contributed by atoms with E-state index in [4.69, 9.17) is 0 Å². The fourth-order valence-electron chi connectivity index (χ4n) is 2.72. The molecule has 24 heavy (non-hydrogen) atoms. The molecule has 0 saturated carbocycles. The molecule has 1 saturated heterocycles. The molecule has 2 aromatic rings. The van der Waals surface area contributed by atoms with Crippen molar-refractivity contribution < 1.29 is 8.42 Å². The van der Waals surface area contributed by atoms with Gasteiger partial charge in [0.15, 0.2) is 0 Å². The molecule has 2 aromatic heterocycles. The van der Waals surface area contributed by atoms with Gasteiger partial charge < -0.3 is 10.3 Å². The minimum atomic E-state index is -3.37. The predicted octanol–water partition coefficient (Wildman–Crippen LogP) is -0.0330. The second-order valence-electron chi connectivity index (χ2n) is 5.81.